The Hall–Kier alpha value is -1.71. The van der Waals surface area contributed by atoms with Crippen LogP contribution < -0.4 is 0 Å². The summed E-state index contributed by atoms with van der Waals surface area (Å²) in [5.41, 5.74) is 0.154. The molecule has 0 aliphatic rings. The summed E-state index contributed by atoms with van der Waals surface area (Å²) in [5.74, 6) is -0.637. The third-order valence-electron chi connectivity index (χ3n) is 3.09. The molecule has 0 aromatic heterocycles. The van der Waals surface area contributed by atoms with E-state index in [9.17, 15) is 9.90 Å². The molecule has 1 rings (SSSR count). The molecule has 0 heterocycles. The lowest BCUT2D eigenvalue weighted by molar-refractivity contribution is -0.137. The number of hydrogen-bond acceptors (Lipinski definition) is 3. The van der Waals surface area contributed by atoms with E-state index in [0.29, 0.717) is 11.1 Å². The Bertz CT molecular complexity index is 497. The number of rotatable bonds is 5. The number of aliphatic hydroxyl groups is 2. The molecule has 3 nitrogen and oxygen atoms in total. The molecule has 0 bridgehead atoms. The summed E-state index contributed by atoms with van der Waals surface area (Å²) >= 11 is 0. The second kappa shape index (κ2) is 6.45. The summed E-state index contributed by atoms with van der Waals surface area (Å²) in [6, 6.07) is 7.06. The molecule has 0 fully saturated rings. The Labute approximate surface area is 113 Å². The minimum Gasteiger partial charge on any atom is -0.388 e. The molecule has 0 aliphatic heterocycles. The number of aryl methyl sites for hydroxylation is 1. The van der Waals surface area contributed by atoms with Gasteiger partial charge in [-0.2, -0.15) is 0 Å². The third-order valence-corrected chi connectivity index (χ3v) is 3.09. The first-order chi connectivity index (χ1) is 9.00. The van der Waals surface area contributed by atoms with Gasteiger partial charge in [0, 0.05) is 0 Å². The number of carbonyl (C=O) groups excluding carboxylic acids is 1. The second-order valence-electron chi connectivity index (χ2n) is 4.40. The highest BCUT2D eigenvalue weighted by molar-refractivity contribution is 5.93. The molecule has 0 spiro atoms. The highest BCUT2D eigenvalue weighted by Gasteiger charge is 2.39. The van der Waals surface area contributed by atoms with Crippen molar-refractivity contribution in [2.45, 2.75) is 26.4 Å². The summed E-state index contributed by atoms with van der Waals surface area (Å²) in [6.45, 7) is 4.78. The van der Waals surface area contributed by atoms with Crippen LogP contribution in [0.25, 0.3) is 0 Å². The van der Waals surface area contributed by atoms with Gasteiger partial charge in [0.05, 0.1) is 0 Å². The minimum absolute atomic E-state index is 0.456. The lowest BCUT2D eigenvalue weighted by Gasteiger charge is -2.28. The van der Waals surface area contributed by atoms with E-state index in [2.05, 4.69) is 0 Å². The number of Topliss-reactive ketones (excluding diaryl/α,β-unsaturated/α-hetero) is 1. The first kappa shape index (κ1) is 15.3. The van der Waals surface area contributed by atoms with Gasteiger partial charge in [-0.25, -0.2) is 0 Å². The van der Waals surface area contributed by atoms with Crippen molar-refractivity contribution in [2.75, 3.05) is 6.61 Å². The molecule has 1 aromatic rings. The van der Waals surface area contributed by atoms with Crippen LogP contribution in [0.1, 0.15) is 25.0 Å². The van der Waals surface area contributed by atoms with Crippen molar-refractivity contribution in [2.24, 2.45) is 0 Å². The Morgan fingerprint density at radius 3 is 2.26 bits per heavy atom. The van der Waals surface area contributed by atoms with E-state index in [4.69, 9.17) is 5.11 Å². The highest BCUT2D eigenvalue weighted by Crippen LogP contribution is 2.31. The Kier molecular flexibility index (Phi) is 5.21. The smallest absolute Gasteiger partial charge is 0.198 e. The second-order valence-corrected chi connectivity index (χ2v) is 4.40. The largest absolute Gasteiger partial charge is 0.388 e. The standard InChI is InChI=1S/C16H20O3/c1-4-6-13(5-2)16(19,15(18)11-17)14-9-7-12(3)8-10-14/h4-10,17,19H,11H2,1-3H3. The Balaban J connectivity index is 3.43. The molecule has 1 aromatic carbocycles. The Morgan fingerprint density at radius 2 is 1.84 bits per heavy atom. The zero-order valence-corrected chi connectivity index (χ0v) is 11.6. The number of aliphatic hydroxyl groups excluding tert-OH is 1. The van der Waals surface area contributed by atoms with E-state index in [-0.39, 0.29) is 0 Å². The average molecular weight is 260 g/mol. The van der Waals surface area contributed by atoms with Crippen molar-refractivity contribution in [1.82, 2.24) is 0 Å². The molecule has 0 saturated carbocycles. The average Bonchev–Trinajstić information content (AvgIpc) is 2.43. The van der Waals surface area contributed by atoms with E-state index in [1.54, 1.807) is 37.3 Å². The zero-order valence-electron chi connectivity index (χ0n) is 11.6. The molecular weight excluding hydrogens is 240 g/mol. The van der Waals surface area contributed by atoms with Gasteiger partial charge in [-0.1, -0.05) is 48.1 Å². The van der Waals surface area contributed by atoms with Gasteiger partial charge in [0.15, 0.2) is 11.4 Å². The monoisotopic (exact) mass is 260 g/mol. The van der Waals surface area contributed by atoms with Gasteiger partial charge in [-0.3, -0.25) is 4.79 Å². The molecule has 0 radical (unpaired) electrons. The van der Waals surface area contributed by atoms with Crippen LogP contribution in [0.15, 0.2) is 48.1 Å². The van der Waals surface area contributed by atoms with E-state index in [1.165, 1.54) is 0 Å². The quantitative estimate of drug-likeness (QED) is 0.798. The van der Waals surface area contributed by atoms with Crippen molar-refractivity contribution in [3.05, 3.63) is 59.2 Å². The topological polar surface area (TPSA) is 57.5 Å². The molecule has 0 amide bonds. The predicted octanol–water partition coefficient (Wildman–Crippen LogP) is 2.27. The van der Waals surface area contributed by atoms with Crippen LogP contribution in [-0.4, -0.2) is 22.6 Å². The number of ketones is 1. The van der Waals surface area contributed by atoms with Crippen LogP contribution in [-0.2, 0) is 10.4 Å². The van der Waals surface area contributed by atoms with Crippen LogP contribution >= 0.6 is 0 Å². The van der Waals surface area contributed by atoms with Crippen LogP contribution in [0.4, 0.5) is 0 Å². The fourth-order valence-corrected chi connectivity index (χ4v) is 2.00. The molecule has 1 atom stereocenters. The third kappa shape index (κ3) is 3.00. The van der Waals surface area contributed by atoms with Gasteiger partial charge in [0.2, 0.25) is 0 Å². The Morgan fingerprint density at radius 1 is 1.26 bits per heavy atom. The van der Waals surface area contributed by atoms with Crippen molar-refractivity contribution < 1.29 is 15.0 Å². The number of carbonyl (C=O) groups is 1. The summed E-state index contributed by atoms with van der Waals surface area (Å²) in [7, 11) is 0. The first-order valence-corrected chi connectivity index (χ1v) is 6.23. The SMILES string of the molecule is CC=CC(=CC)C(O)(C(=O)CO)c1ccc(C)cc1. The lowest BCUT2D eigenvalue weighted by Crippen LogP contribution is -2.39. The van der Waals surface area contributed by atoms with Crippen LogP contribution in [0.2, 0.25) is 0 Å². The number of benzene rings is 1. The maximum Gasteiger partial charge on any atom is 0.198 e. The fraction of sp³-hybridized carbons (Fsp3) is 0.312. The van der Waals surface area contributed by atoms with E-state index >= 15 is 0 Å². The molecule has 19 heavy (non-hydrogen) atoms. The summed E-state index contributed by atoms with van der Waals surface area (Å²) in [6.07, 6.45) is 5.10. The summed E-state index contributed by atoms with van der Waals surface area (Å²) in [4.78, 5) is 12.0. The van der Waals surface area contributed by atoms with Gasteiger partial charge in [0.1, 0.15) is 6.61 Å². The van der Waals surface area contributed by atoms with Crippen molar-refractivity contribution >= 4 is 5.78 Å². The summed E-state index contributed by atoms with van der Waals surface area (Å²) in [5, 5.41) is 19.9. The van der Waals surface area contributed by atoms with E-state index in [0.717, 1.165) is 5.56 Å². The maximum atomic E-state index is 12.0. The van der Waals surface area contributed by atoms with Gasteiger partial charge in [-0.15, -0.1) is 0 Å². The van der Waals surface area contributed by atoms with Crippen molar-refractivity contribution in [1.29, 1.82) is 0 Å². The maximum absolute atomic E-state index is 12.0. The van der Waals surface area contributed by atoms with E-state index in [1.807, 2.05) is 26.0 Å². The molecular formula is C16H20O3. The molecule has 1 unspecified atom stereocenters. The van der Waals surface area contributed by atoms with Crippen molar-refractivity contribution in [3.8, 4) is 0 Å². The van der Waals surface area contributed by atoms with Crippen LogP contribution in [0, 0.1) is 6.92 Å². The van der Waals surface area contributed by atoms with E-state index < -0.39 is 18.0 Å². The van der Waals surface area contributed by atoms with Gasteiger partial charge >= 0.3 is 0 Å². The number of hydrogen-bond donors (Lipinski definition) is 2. The summed E-state index contributed by atoms with van der Waals surface area (Å²) < 4.78 is 0. The molecule has 0 aliphatic carbocycles. The van der Waals surface area contributed by atoms with Gasteiger partial charge in [0.25, 0.3) is 0 Å². The first-order valence-electron chi connectivity index (χ1n) is 6.23. The lowest BCUT2D eigenvalue weighted by atomic mass is 9.81. The van der Waals surface area contributed by atoms with Crippen LogP contribution in [0.5, 0.6) is 0 Å². The van der Waals surface area contributed by atoms with Crippen LogP contribution in [0.3, 0.4) is 0 Å². The highest BCUT2D eigenvalue weighted by atomic mass is 16.3. The molecule has 102 valence electrons. The fourth-order valence-electron chi connectivity index (χ4n) is 2.00. The molecule has 2 N–H and O–H groups in total. The number of allylic oxidation sites excluding steroid dienone is 2. The molecule has 0 saturated heterocycles. The van der Waals surface area contributed by atoms with Gasteiger partial charge < -0.3 is 10.2 Å². The predicted molar refractivity (Wildman–Crippen MR) is 75.7 cm³/mol. The molecule has 3 heteroatoms. The van der Waals surface area contributed by atoms with Gasteiger partial charge in [-0.05, 0) is 31.9 Å². The van der Waals surface area contributed by atoms with Crippen molar-refractivity contribution in [3.63, 3.8) is 0 Å². The zero-order chi connectivity index (χ0) is 14.5. The minimum atomic E-state index is -1.80. The normalized spacial score (nSPS) is 15.5.